The van der Waals surface area contributed by atoms with Crippen LogP contribution in [0.2, 0.25) is 0 Å². The highest BCUT2D eigenvalue weighted by atomic mass is 16.7. The Balaban J connectivity index is 1.33. The largest absolute Gasteiger partial charge is 0.462 e. The van der Waals surface area contributed by atoms with E-state index in [1.54, 1.807) is 21.3 Å². The quantitative estimate of drug-likeness (QED) is 0.349. The Labute approximate surface area is 256 Å². The van der Waals surface area contributed by atoms with Crippen LogP contribution in [0.5, 0.6) is 0 Å². The number of aliphatic hydroxyl groups is 1. The third-order valence-electron chi connectivity index (χ3n) is 11.0. The molecule has 3 fully saturated rings. The van der Waals surface area contributed by atoms with Gasteiger partial charge in [0.1, 0.15) is 24.4 Å². The lowest BCUT2D eigenvalue weighted by Crippen LogP contribution is -2.59. The van der Waals surface area contributed by atoms with Gasteiger partial charge in [-0.05, 0) is 87.0 Å². The minimum absolute atomic E-state index is 0.0214. The van der Waals surface area contributed by atoms with Crippen molar-refractivity contribution in [3.8, 4) is 0 Å². The Hall–Kier alpha value is -1.62. The van der Waals surface area contributed by atoms with E-state index < -0.39 is 24.4 Å². The smallest absolute Gasteiger partial charge is 0.306 e. The Kier molecular flexibility index (Phi) is 10.8. The Bertz CT molecular complexity index is 1040. The predicted octanol–water partition coefficient (Wildman–Crippen LogP) is 4.40. The molecule has 9 heteroatoms. The van der Waals surface area contributed by atoms with Crippen LogP contribution in [0.15, 0.2) is 23.8 Å². The zero-order valence-corrected chi connectivity index (χ0v) is 26.7. The van der Waals surface area contributed by atoms with Gasteiger partial charge in [0.2, 0.25) is 0 Å². The summed E-state index contributed by atoms with van der Waals surface area (Å²) in [6.07, 6.45) is 9.34. The zero-order valence-electron chi connectivity index (χ0n) is 26.7. The monoisotopic (exact) mass is 604 g/mol. The predicted molar refractivity (Wildman–Crippen MR) is 159 cm³/mol. The number of fused-ring (bicyclic) bond motifs is 5. The van der Waals surface area contributed by atoms with Crippen LogP contribution in [-0.4, -0.2) is 87.2 Å². The van der Waals surface area contributed by atoms with Crippen molar-refractivity contribution in [2.24, 2.45) is 35.5 Å². The summed E-state index contributed by atoms with van der Waals surface area (Å²) in [4.78, 5) is 26.7. The van der Waals surface area contributed by atoms with Crippen LogP contribution in [0.4, 0.5) is 0 Å². The van der Waals surface area contributed by atoms with Crippen molar-refractivity contribution in [1.29, 1.82) is 0 Å². The first kappa shape index (κ1) is 32.8. The molecule has 1 saturated carbocycles. The van der Waals surface area contributed by atoms with Gasteiger partial charge in [-0.2, -0.15) is 0 Å². The van der Waals surface area contributed by atoms with Crippen LogP contribution in [0, 0.1) is 35.5 Å². The second-order valence-electron chi connectivity index (χ2n) is 13.3. The van der Waals surface area contributed by atoms with Crippen molar-refractivity contribution < 1.29 is 43.1 Å². The van der Waals surface area contributed by atoms with E-state index in [0.717, 1.165) is 31.3 Å². The molecule has 6 unspecified atom stereocenters. The molecular formula is C34H52O9. The number of rotatable bonds is 6. The number of carbonyl (C=O) groups excluding carboxylic acids is 2. The number of Topliss-reactive ketones (excluding diaryl/α,β-unsaturated/α-hetero) is 1. The molecule has 1 N–H and O–H groups in total. The summed E-state index contributed by atoms with van der Waals surface area (Å²) >= 11 is 0. The van der Waals surface area contributed by atoms with Gasteiger partial charge in [-0.25, -0.2) is 0 Å². The van der Waals surface area contributed by atoms with Gasteiger partial charge >= 0.3 is 5.97 Å². The van der Waals surface area contributed by atoms with Gasteiger partial charge in [-0.15, -0.1) is 0 Å². The highest BCUT2D eigenvalue weighted by molar-refractivity contribution is 5.98. The molecule has 5 rings (SSSR count). The fourth-order valence-electron chi connectivity index (χ4n) is 8.52. The summed E-state index contributed by atoms with van der Waals surface area (Å²) in [5, 5.41) is 10.9. The van der Waals surface area contributed by atoms with E-state index in [1.807, 2.05) is 20.8 Å². The first-order valence-corrected chi connectivity index (χ1v) is 16.4. The van der Waals surface area contributed by atoms with Crippen LogP contribution in [0.3, 0.4) is 0 Å². The summed E-state index contributed by atoms with van der Waals surface area (Å²) < 4.78 is 35.9. The molecule has 0 spiro atoms. The molecule has 0 aromatic carbocycles. The minimum Gasteiger partial charge on any atom is -0.462 e. The molecule has 0 aromatic rings. The second-order valence-corrected chi connectivity index (χ2v) is 13.3. The van der Waals surface area contributed by atoms with E-state index in [-0.39, 0.29) is 60.0 Å². The van der Waals surface area contributed by atoms with Crippen molar-refractivity contribution >= 4 is 11.8 Å². The molecular weight excluding hydrogens is 552 g/mol. The molecule has 2 heterocycles. The minimum atomic E-state index is -0.710. The Morgan fingerprint density at radius 3 is 2.37 bits per heavy atom. The number of hydrogen-bond donors (Lipinski definition) is 1. The summed E-state index contributed by atoms with van der Waals surface area (Å²) in [7, 11) is 4.95. The third kappa shape index (κ3) is 6.68. The van der Waals surface area contributed by atoms with Crippen molar-refractivity contribution in [3.05, 3.63) is 23.8 Å². The van der Waals surface area contributed by atoms with Gasteiger partial charge in [0.25, 0.3) is 0 Å². The number of methoxy groups -OCH3 is 3. The van der Waals surface area contributed by atoms with Crippen LogP contribution >= 0.6 is 0 Å². The van der Waals surface area contributed by atoms with E-state index in [2.05, 4.69) is 18.2 Å². The number of carbonyl (C=O) groups is 2. The van der Waals surface area contributed by atoms with Gasteiger partial charge in [-0.1, -0.05) is 32.1 Å². The van der Waals surface area contributed by atoms with Crippen LogP contribution in [0.25, 0.3) is 0 Å². The topological polar surface area (TPSA) is 110 Å². The molecule has 242 valence electrons. The molecule has 2 saturated heterocycles. The standard InChI is InChI=1S/C34H52O9/c1-7-21-9-8-10-28(35)18(2)30(37)27-17-26-23(24(27)13-14-29(36)42-21)12-11-20-15-22(16-25(20)26)43-34-33(40-6)32(39-5)31(38-4)19(3)41-34/h11-12,17-26,28,31-35H,7-10,13-16H2,1-6H3/t18-,19?,20-,21+,22-,23+,24?,25-,26-,28+,31?,32?,33?,34?/m1/s1. The lowest BCUT2D eigenvalue weighted by molar-refractivity contribution is -0.314. The van der Waals surface area contributed by atoms with Gasteiger partial charge < -0.3 is 33.5 Å². The van der Waals surface area contributed by atoms with Crippen molar-refractivity contribution in [1.82, 2.24) is 0 Å². The Morgan fingerprint density at radius 2 is 1.67 bits per heavy atom. The van der Waals surface area contributed by atoms with Crippen LogP contribution in [-0.2, 0) is 38.0 Å². The molecule has 5 aliphatic rings. The highest BCUT2D eigenvalue weighted by Crippen LogP contribution is 2.54. The number of ketones is 1. The molecule has 43 heavy (non-hydrogen) atoms. The highest BCUT2D eigenvalue weighted by Gasteiger charge is 2.52. The van der Waals surface area contributed by atoms with Gasteiger partial charge in [0, 0.05) is 33.7 Å². The van der Waals surface area contributed by atoms with Crippen LogP contribution in [0.1, 0.15) is 72.1 Å². The molecule has 0 aromatic heterocycles. The molecule has 0 amide bonds. The molecule has 9 nitrogen and oxygen atoms in total. The number of cyclic esters (lactones) is 1. The first-order valence-electron chi connectivity index (χ1n) is 16.4. The lowest BCUT2D eigenvalue weighted by Gasteiger charge is -2.44. The summed E-state index contributed by atoms with van der Waals surface area (Å²) in [6.45, 7) is 5.83. The fourth-order valence-corrected chi connectivity index (χ4v) is 8.52. The van der Waals surface area contributed by atoms with E-state index in [1.165, 1.54) is 0 Å². The first-order chi connectivity index (χ1) is 20.7. The average molecular weight is 605 g/mol. The number of hydrogen-bond acceptors (Lipinski definition) is 9. The van der Waals surface area contributed by atoms with Crippen molar-refractivity contribution in [2.75, 3.05) is 21.3 Å². The van der Waals surface area contributed by atoms with Crippen LogP contribution < -0.4 is 0 Å². The number of ether oxygens (including phenoxy) is 6. The van der Waals surface area contributed by atoms with E-state index in [4.69, 9.17) is 28.4 Å². The molecule has 0 bridgehead atoms. The van der Waals surface area contributed by atoms with Gasteiger partial charge in [0.15, 0.2) is 12.1 Å². The maximum absolute atomic E-state index is 13.9. The molecule has 2 aliphatic heterocycles. The zero-order chi connectivity index (χ0) is 30.8. The van der Waals surface area contributed by atoms with Crippen molar-refractivity contribution in [3.63, 3.8) is 0 Å². The van der Waals surface area contributed by atoms with Gasteiger partial charge in [0.05, 0.1) is 18.3 Å². The van der Waals surface area contributed by atoms with Crippen molar-refractivity contribution in [2.45, 2.75) is 121 Å². The number of allylic oxidation sites excluding steroid dienone is 4. The normalized spacial score (nSPS) is 45.6. The fraction of sp³-hybridized carbons (Fsp3) is 0.824. The summed E-state index contributed by atoms with van der Waals surface area (Å²) in [6, 6.07) is 0. The maximum atomic E-state index is 13.9. The van der Waals surface area contributed by atoms with E-state index in [0.29, 0.717) is 37.5 Å². The van der Waals surface area contributed by atoms with Gasteiger partial charge in [-0.3, -0.25) is 9.59 Å². The number of aliphatic hydroxyl groups excluding tert-OH is 1. The summed E-state index contributed by atoms with van der Waals surface area (Å²) in [5.41, 5.74) is 0.785. The van der Waals surface area contributed by atoms with E-state index >= 15 is 0 Å². The third-order valence-corrected chi connectivity index (χ3v) is 11.0. The van der Waals surface area contributed by atoms with E-state index in [9.17, 15) is 14.7 Å². The number of esters is 1. The average Bonchev–Trinajstić information content (AvgIpc) is 3.58. The maximum Gasteiger partial charge on any atom is 0.306 e. The lowest BCUT2D eigenvalue weighted by atomic mass is 9.70. The molecule has 3 aliphatic carbocycles. The summed E-state index contributed by atoms with van der Waals surface area (Å²) in [5.74, 6) is 0.246. The molecule has 0 radical (unpaired) electrons. The second kappa shape index (κ2) is 14.2. The molecule has 14 atom stereocenters. The SMILES string of the molecule is CC[C@H]1CCC[C@H](O)[C@@H](C)C(=O)C2=C[C@H]3[C@@H]4C[C@H](OC5OC(C)C(OC)C(OC)C5OC)C[C@H]4C=C[C@H]3C2CCC(=O)O1. The Morgan fingerprint density at radius 1 is 0.930 bits per heavy atom.